The molecule has 0 bridgehead atoms. The Morgan fingerprint density at radius 3 is 2.62 bits per heavy atom. The van der Waals surface area contributed by atoms with E-state index in [1.807, 2.05) is 13.8 Å². The molecule has 0 saturated carbocycles. The second-order valence-electron chi connectivity index (χ2n) is 4.79. The molecule has 0 heterocycles. The monoisotopic (exact) mass is 295 g/mol. The lowest BCUT2D eigenvalue weighted by molar-refractivity contribution is -0.127. The maximum Gasteiger partial charge on any atom is 0.335 e. The first-order chi connectivity index (χ1) is 9.93. The van der Waals surface area contributed by atoms with Crippen molar-refractivity contribution in [1.82, 2.24) is 5.32 Å². The van der Waals surface area contributed by atoms with Crippen LogP contribution in [0, 0.1) is 0 Å². The zero-order valence-electron chi connectivity index (χ0n) is 12.5. The summed E-state index contributed by atoms with van der Waals surface area (Å²) in [7, 11) is 1.49. The third-order valence-corrected chi connectivity index (χ3v) is 2.80. The van der Waals surface area contributed by atoms with Crippen LogP contribution >= 0.6 is 0 Å². The molecule has 0 aliphatic heterocycles. The average Bonchev–Trinajstić information content (AvgIpc) is 2.45. The highest BCUT2D eigenvalue weighted by molar-refractivity contribution is 5.88. The van der Waals surface area contributed by atoms with Crippen LogP contribution in [-0.4, -0.2) is 43.3 Å². The second-order valence-corrected chi connectivity index (χ2v) is 4.79. The van der Waals surface area contributed by atoms with Gasteiger partial charge in [0.05, 0.1) is 18.8 Å². The fraction of sp³-hybridized carbons (Fsp3) is 0.467. The number of carboxylic acid groups (broad SMARTS) is 1. The SMILES string of the molecule is COc1cc(C(=O)O)ccc1CCNC(=O)COC(C)C. The van der Waals surface area contributed by atoms with Crippen LogP contribution < -0.4 is 10.1 Å². The van der Waals surface area contributed by atoms with Crippen molar-refractivity contribution in [3.05, 3.63) is 29.3 Å². The van der Waals surface area contributed by atoms with Crippen LogP contribution in [0.4, 0.5) is 0 Å². The van der Waals surface area contributed by atoms with E-state index in [4.69, 9.17) is 14.6 Å². The molecule has 0 aliphatic rings. The highest BCUT2D eigenvalue weighted by Gasteiger charge is 2.09. The number of rotatable bonds is 8. The van der Waals surface area contributed by atoms with E-state index < -0.39 is 5.97 Å². The van der Waals surface area contributed by atoms with Crippen LogP contribution in [0.5, 0.6) is 5.75 Å². The number of aromatic carboxylic acids is 1. The number of carbonyl (C=O) groups is 2. The van der Waals surface area contributed by atoms with E-state index in [1.54, 1.807) is 6.07 Å². The minimum absolute atomic E-state index is 0.0133. The lowest BCUT2D eigenvalue weighted by atomic mass is 10.1. The van der Waals surface area contributed by atoms with Gasteiger partial charge in [-0.1, -0.05) is 6.07 Å². The predicted molar refractivity (Wildman–Crippen MR) is 77.8 cm³/mol. The molecule has 0 spiro atoms. The standard InChI is InChI=1S/C15H21NO5/c1-10(2)21-9-14(17)16-7-6-11-4-5-12(15(18)19)8-13(11)20-3/h4-5,8,10H,6-7,9H2,1-3H3,(H,16,17)(H,18,19). The number of benzene rings is 1. The zero-order chi connectivity index (χ0) is 15.8. The van der Waals surface area contributed by atoms with Crippen LogP contribution in [-0.2, 0) is 16.0 Å². The molecule has 0 unspecified atom stereocenters. The molecule has 0 aliphatic carbocycles. The first-order valence-electron chi connectivity index (χ1n) is 6.72. The molecule has 1 amide bonds. The molecular formula is C15H21NO5. The van der Waals surface area contributed by atoms with E-state index in [-0.39, 0.29) is 24.2 Å². The summed E-state index contributed by atoms with van der Waals surface area (Å²) in [6.45, 7) is 4.19. The van der Waals surface area contributed by atoms with E-state index in [9.17, 15) is 9.59 Å². The lowest BCUT2D eigenvalue weighted by Crippen LogP contribution is -2.30. The summed E-state index contributed by atoms with van der Waals surface area (Å²) in [5.41, 5.74) is 1.01. The smallest absolute Gasteiger partial charge is 0.335 e. The Hall–Kier alpha value is -2.08. The van der Waals surface area contributed by atoms with Crippen molar-refractivity contribution >= 4 is 11.9 Å². The topological polar surface area (TPSA) is 84.9 Å². The number of nitrogens with one attached hydrogen (secondary N) is 1. The van der Waals surface area contributed by atoms with Gasteiger partial charge >= 0.3 is 5.97 Å². The normalized spacial score (nSPS) is 10.5. The van der Waals surface area contributed by atoms with Crippen molar-refractivity contribution in [3.8, 4) is 5.75 Å². The summed E-state index contributed by atoms with van der Waals surface area (Å²) in [6, 6.07) is 4.68. The summed E-state index contributed by atoms with van der Waals surface area (Å²) >= 11 is 0. The van der Waals surface area contributed by atoms with Crippen LogP contribution in [0.2, 0.25) is 0 Å². The number of ether oxygens (including phenoxy) is 2. The third-order valence-electron chi connectivity index (χ3n) is 2.80. The van der Waals surface area contributed by atoms with Crippen LogP contribution in [0.3, 0.4) is 0 Å². The minimum Gasteiger partial charge on any atom is -0.496 e. The Labute approximate surface area is 124 Å². The van der Waals surface area contributed by atoms with Gasteiger partial charge in [0.15, 0.2) is 0 Å². The fourth-order valence-corrected chi connectivity index (χ4v) is 1.71. The van der Waals surface area contributed by atoms with Crippen molar-refractivity contribution in [2.45, 2.75) is 26.4 Å². The van der Waals surface area contributed by atoms with Crippen molar-refractivity contribution in [2.24, 2.45) is 0 Å². The summed E-state index contributed by atoms with van der Waals surface area (Å²) in [4.78, 5) is 22.4. The maximum atomic E-state index is 11.5. The lowest BCUT2D eigenvalue weighted by Gasteiger charge is -2.11. The van der Waals surface area contributed by atoms with Gasteiger partial charge in [-0.15, -0.1) is 0 Å². The van der Waals surface area contributed by atoms with E-state index in [1.165, 1.54) is 19.2 Å². The van der Waals surface area contributed by atoms with Gasteiger partial charge in [0.1, 0.15) is 12.4 Å². The molecule has 1 aromatic carbocycles. The molecule has 0 saturated heterocycles. The fourth-order valence-electron chi connectivity index (χ4n) is 1.71. The van der Waals surface area contributed by atoms with E-state index >= 15 is 0 Å². The van der Waals surface area contributed by atoms with Crippen LogP contribution in [0.15, 0.2) is 18.2 Å². The molecule has 116 valence electrons. The van der Waals surface area contributed by atoms with Gasteiger partial charge in [0.25, 0.3) is 0 Å². The molecule has 1 rings (SSSR count). The Morgan fingerprint density at radius 2 is 2.05 bits per heavy atom. The Bertz CT molecular complexity index is 499. The summed E-state index contributed by atoms with van der Waals surface area (Å²) in [5.74, 6) is -0.675. The molecule has 1 aromatic rings. The highest BCUT2D eigenvalue weighted by Crippen LogP contribution is 2.20. The minimum atomic E-state index is -1.00. The highest BCUT2D eigenvalue weighted by atomic mass is 16.5. The predicted octanol–water partition coefficient (Wildman–Crippen LogP) is 1.48. The molecule has 0 atom stereocenters. The van der Waals surface area contributed by atoms with Gasteiger partial charge in [-0.05, 0) is 38.0 Å². The summed E-state index contributed by atoms with van der Waals surface area (Å²) < 4.78 is 10.4. The molecule has 0 fully saturated rings. The average molecular weight is 295 g/mol. The first kappa shape index (κ1) is 17.0. The number of hydrogen-bond donors (Lipinski definition) is 2. The Kier molecular flexibility index (Phi) is 6.68. The molecular weight excluding hydrogens is 274 g/mol. The number of hydrogen-bond acceptors (Lipinski definition) is 4. The number of carbonyl (C=O) groups excluding carboxylic acids is 1. The molecule has 6 nitrogen and oxygen atoms in total. The van der Waals surface area contributed by atoms with Gasteiger partial charge in [0.2, 0.25) is 5.91 Å². The van der Waals surface area contributed by atoms with Gasteiger partial charge in [-0.3, -0.25) is 4.79 Å². The zero-order valence-corrected chi connectivity index (χ0v) is 12.5. The van der Waals surface area contributed by atoms with E-state index in [0.29, 0.717) is 18.7 Å². The molecule has 6 heteroatoms. The Balaban J connectivity index is 2.52. The van der Waals surface area contributed by atoms with Crippen molar-refractivity contribution in [1.29, 1.82) is 0 Å². The van der Waals surface area contributed by atoms with Gasteiger partial charge in [0, 0.05) is 6.54 Å². The van der Waals surface area contributed by atoms with Crippen LogP contribution in [0.25, 0.3) is 0 Å². The van der Waals surface area contributed by atoms with Crippen LogP contribution in [0.1, 0.15) is 29.8 Å². The van der Waals surface area contributed by atoms with E-state index in [2.05, 4.69) is 5.32 Å². The summed E-state index contributed by atoms with van der Waals surface area (Å²) in [5, 5.41) is 11.7. The van der Waals surface area contributed by atoms with E-state index in [0.717, 1.165) is 5.56 Å². The Morgan fingerprint density at radius 1 is 1.33 bits per heavy atom. The quantitative estimate of drug-likeness (QED) is 0.758. The molecule has 0 radical (unpaired) electrons. The summed E-state index contributed by atoms with van der Waals surface area (Å²) in [6.07, 6.45) is 0.565. The largest absolute Gasteiger partial charge is 0.496 e. The van der Waals surface area contributed by atoms with Crippen molar-refractivity contribution in [2.75, 3.05) is 20.3 Å². The number of amides is 1. The van der Waals surface area contributed by atoms with Gasteiger partial charge in [-0.2, -0.15) is 0 Å². The van der Waals surface area contributed by atoms with Gasteiger partial charge < -0.3 is 19.9 Å². The number of carboxylic acids is 1. The molecule has 2 N–H and O–H groups in total. The maximum absolute atomic E-state index is 11.5. The van der Waals surface area contributed by atoms with Gasteiger partial charge in [-0.25, -0.2) is 4.79 Å². The third kappa shape index (κ3) is 5.83. The number of methoxy groups -OCH3 is 1. The van der Waals surface area contributed by atoms with Crippen molar-refractivity contribution < 1.29 is 24.2 Å². The molecule has 21 heavy (non-hydrogen) atoms. The molecule has 0 aromatic heterocycles. The first-order valence-corrected chi connectivity index (χ1v) is 6.72. The van der Waals surface area contributed by atoms with Crippen molar-refractivity contribution in [3.63, 3.8) is 0 Å². The second kappa shape index (κ2) is 8.26.